The van der Waals surface area contributed by atoms with E-state index in [0.717, 1.165) is 0 Å². The van der Waals surface area contributed by atoms with Crippen LogP contribution in [0.4, 0.5) is 22.7 Å². The van der Waals surface area contributed by atoms with Crippen LogP contribution < -0.4 is 0 Å². The molecule has 4 aromatic carbocycles. The van der Waals surface area contributed by atoms with E-state index < -0.39 is 75.8 Å². The third-order valence-corrected chi connectivity index (χ3v) is 9.44. The normalized spacial score (nSPS) is 12.9. The van der Waals surface area contributed by atoms with E-state index in [1.165, 1.54) is 55.4 Å². The average molecular weight is 825 g/mol. The van der Waals surface area contributed by atoms with Gasteiger partial charge >= 0.3 is 0 Å². The Hall–Kier alpha value is -7.36. The monoisotopic (exact) mass is 824 g/mol. The summed E-state index contributed by atoms with van der Waals surface area (Å²) in [5.74, 6) is -3.59. The van der Waals surface area contributed by atoms with E-state index in [1.807, 2.05) is 0 Å². The Labute approximate surface area is 351 Å². The number of nitrogens with zero attached hydrogens (tertiary/aromatic N) is 8. The van der Waals surface area contributed by atoms with E-state index in [2.05, 4.69) is 40.9 Å². The fourth-order valence-electron chi connectivity index (χ4n) is 6.41. The molecule has 0 fully saturated rings. The SMILES string of the molecule is CC(=O)C(N=Nc1ccc(C(c2ccc(N=NC(C(C)=O)C(C)=O)cc2)(c2ccc(N=NC(C(C)=O)C(C)=O)cc2)c2ccc(N=NC(C(C)=O)C(C)=O)cc2)cc1)C(C)=O. The summed E-state index contributed by atoms with van der Waals surface area (Å²) >= 11 is 0. The maximum Gasteiger partial charge on any atom is 0.187 e. The molecule has 0 unspecified atom stereocenters. The first-order chi connectivity index (χ1) is 28.9. The molecular formula is C45H44N8O8. The number of rotatable bonds is 20. The van der Waals surface area contributed by atoms with Gasteiger partial charge in [-0.2, -0.15) is 40.9 Å². The van der Waals surface area contributed by atoms with Crippen LogP contribution in [0.2, 0.25) is 0 Å². The Kier molecular flexibility index (Phi) is 15.6. The lowest BCUT2D eigenvalue weighted by Gasteiger charge is -2.37. The molecular weight excluding hydrogens is 781 g/mol. The minimum absolute atomic E-state index is 0.355. The van der Waals surface area contributed by atoms with Crippen molar-refractivity contribution in [1.82, 2.24) is 0 Å². The number of azo groups is 4. The highest BCUT2D eigenvalue weighted by Crippen LogP contribution is 2.47. The van der Waals surface area contributed by atoms with Gasteiger partial charge < -0.3 is 0 Å². The molecule has 0 spiro atoms. The summed E-state index contributed by atoms with van der Waals surface area (Å²) in [4.78, 5) is 96.3. The molecule has 0 bridgehead atoms. The average Bonchev–Trinajstić information content (AvgIpc) is 3.19. The van der Waals surface area contributed by atoms with Gasteiger partial charge in [0.15, 0.2) is 70.4 Å². The van der Waals surface area contributed by atoms with Crippen LogP contribution in [-0.2, 0) is 43.8 Å². The molecule has 0 saturated heterocycles. The molecule has 0 aliphatic heterocycles. The molecule has 0 saturated carbocycles. The minimum Gasteiger partial charge on any atom is -0.297 e. The molecule has 0 aliphatic rings. The van der Waals surface area contributed by atoms with E-state index in [1.54, 1.807) is 97.1 Å². The summed E-state index contributed by atoms with van der Waals surface area (Å²) in [6.07, 6.45) is 0. The molecule has 4 aromatic rings. The lowest BCUT2D eigenvalue weighted by atomic mass is 9.65. The highest BCUT2D eigenvalue weighted by molar-refractivity contribution is 6.06. The van der Waals surface area contributed by atoms with Crippen molar-refractivity contribution in [3.05, 3.63) is 119 Å². The zero-order valence-corrected chi connectivity index (χ0v) is 34.9. The number of ketones is 8. The van der Waals surface area contributed by atoms with Gasteiger partial charge in [-0.15, -0.1) is 0 Å². The lowest BCUT2D eigenvalue weighted by molar-refractivity contribution is -0.128. The van der Waals surface area contributed by atoms with Crippen molar-refractivity contribution in [2.24, 2.45) is 40.9 Å². The van der Waals surface area contributed by atoms with Gasteiger partial charge in [0.1, 0.15) is 0 Å². The predicted molar refractivity (Wildman–Crippen MR) is 223 cm³/mol. The number of hydrogen-bond acceptors (Lipinski definition) is 16. The summed E-state index contributed by atoms with van der Waals surface area (Å²) in [6.45, 7) is 10.1. The molecule has 16 nitrogen and oxygen atoms in total. The Morgan fingerprint density at radius 3 is 0.574 bits per heavy atom. The lowest BCUT2D eigenvalue weighted by Crippen LogP contribution is -2.30. The molecule has 0 aromatic heterocycles. The number of benzene rings is 4. The maximum atomic E-state index is 12.0. The first-order valence-electron chi connectivity index (χ1n) is 19.0. The molecule has 0 N–H and O–H groups in total. The van der Waals surface area contributed by atoms with Crippen LogP contribution in [0.15, 0.2) is 138 Å². The van der Waals surface area contributed by atoms with Gasteiger partial charge in [-0.25, -0.2) is 0 Å². The van der Waals surface area contributed by atoms with Crippen molar-refractivity contribution >= 4 is 69.0 Å². The molecule has 0 heterocycles. The van der Waals surface area contributed by atoms with Gasteiger partial charge in [0.25, 0.3) is 0 Å². The van der Waals surface area contributed by atoms with Crippen molar-refractivity contribution in [3.63, 3.8) is 0 Å². The van der Waals surface area contributed by atoms with Crippen LogP contribution in [0.1, 0.15) is 77.6 Å². The highest BCUT2D eigenvalue weighted by atomic mass is 16.2. The first kappa shape index (κ1) is 46.3. The Morgan fingerprint density at radius 2 is 0.443 bits per heavy atom. The molecule has 16 heteroatoms. The van der Waals surface area contributed by atoms with E-state index in [0.29, 0.717) is 45.0 Å². The summed E-state index contributed by atoms with van der Waals surface area (Å²) in [5.41, 5.74) is 3.00. The Bertz CT molecular complexity index is 2050. The quantitative estimate of drug-likeness (QED) is 0.0474. The summed E-state index contributed by atoms with van der Waals surface area (Å²) < 4.78 is 0. The van der Waals surface area contributed by atoms with Crippen LogP contribution >= 0.6 is 0 Å². The standard InChI is InChI=1S/C45H44N8O8/c1-25(54)41(26(2)55)50-46-37-17-9-33(10-18-37)45(34-11-19-38(20-12-34)47-51-42(27(3)56)28(4)57,35-13-21-39(22-14-35)48-52-43(29(5)58)30(6)59)36-15-23-40(24-16-36)49-53-44(31(7)60)32(8)61/h9-24,41-44H,1-8H3. The Morgan fingerprint density at radius 1 is 0.295 bits per heavy atom. The molecule has 0 radical (unpaired) electrons. The van der Waals surface area contributed by atoms with E-state index in [-0.39, 0.29) is 0 Å². The molecule has 312 valence electrons. The molecule has 0 aliphatic carbocycles. The van der Waals surface area contributed by atoms with Crippen molar-refractivity contribution in [2.75, 3.05) is 0 Å². The number of Topliss-reactive ketones (excluding diaryl/α,β-unsaturated/α-hetero) is 8. The van der Waals surface area contributed by atoms with Crippen LogP contribution in [0.25, 0.3) is 0 Å². The highest BCUT2D eigenvalue weighted by Gasteiger charge is 2.39. The number of carbonyl (C=O) groups is 8. The van der Waals surface area contributed by atoms with Crippen molar-refractivity contribution < 1.29 is 38.4 Å². The zero-order valence-electron chi connectivity index (χ0n) is 34.9. The van der Waals surface area contributed by atoms with Crippen molar-refractivity contribution in [2.45, 2.75) is 85.0 Å². The number of hydrogen-bond donors (Lipinski definition) is 0. The summed E-state index contributed by atoms with van der Waals surface area (Å²) in [7, 11) is 0. The third kappa shape index (κ3) is 11.4. The van der Waals surface area contributed by atoms with E-state index in [4.69, 9.17) is 0 Å². The van der Waals surface area contributed by atoms with Crippen LogP contribution in [-0.4, -0.2) is 70.4 Å². The largest absolute Gasteiger partial charge is 0.297 e. The van der Waals surface area contributed by atoms with Gasteiger partial charge in [-0.05, 0) is 126 Å². The zero-order chi connectivity index (χ0) is 45.0. The van der Waals surface area contributed by atoms with E-state index >= 15 is 0 Å². The second-order valence-corrected chi connectivity index (χ2v) is 14.3. The second-order valence-electron chi connectivity index (χ2n) is 14.3. The minimum atomic E-state index is -1.25. The number of carbonyl (C=O) groups excluding carboxylic acids is 8. The van der Waals surface area contributed by atoms with Gasteiger partial charge in [0.2, 0.25) is 0 Å². The third-order valence-electron chi connectivity index (χ3n) is 9.44. The van der Waals surface area contributed by atoms with Crippen molar-refractivity contribution in [3.8, 4) is 0 Å². The van der Waals surface area contributed by atoms with Crippen LogP contribution in [0.5, 0.6) is 0 Å². The topological polar surface area (TPSA) is 235 Å². The van der Waals surface area contributed by atoms with Gasteiger partial charge in [0.05, 0.1) is 28.2 Å². The summed E-state index contributed by atoms with van der Waals surface area (Å²) in [5, 5.41) is 32.6. The van der Waals surface area contributed by atoms with Crippen molar-refractivity contribution in [1.29, 1.82) is 0 Å². The first-order valence-corrected chi connectivity index (χ1v) is 19.0. The molecule has 61 heavy (non-hydrogen) atoms. The smallest absolute Gasteiger partial charge is 0.187 e. The van der Waals surface area contributed by atoms with Crippen LogP contribution in [0, 0.1) is 0 Å². The van der Waals surface area contributed by atoms with Crippen LogP contribution in [0.3, 0.4) is 0 Å². The maximum absolute atomic E-state index is 12.0. The summed E-state index contributed by atoms with van der Waals surface area (Å²) in [6, 6.07) is 22.9. The van der Waals surface area contributed by atoms with Gasteiger partial charge in [0, 0.05) is 0 Å². The molecule has 0 atom stereocenters. The predicted octanol–water partition coefficient (Wildman–Crippen LogP) is 8.59. The Balaban J connectivity index is 2.00. The molecule has 4 rings (SSSR count). The second kappa shape index (κ2) is 20.6. The van der Waals surface area contributed by atoms with Gasteiger partial charge in [-0.1, -0.05) is 48.5 Å². The molecule has 0 amide bonds. The fourth-order valence-corrected chi connectivity index (χ4v) is 6.41. The van der Waals surface area contributed by atoms with E-state index in [9.17, 15) is 38.4 Å². The van der Waals surface area contributed by atoms with Gasteiger partial charge in [-0.3, -0.25) is 38.4 Å². The fraction of sp³-hybridized carbons (Fsp3) is 0.289.